The Morgan fingerprint density at radius 1 is 1.09 bits per heavy atom. The van der Waals surface area contributed by atoms with Gasteiger partial charge in [0.25, 0.3) is 5.91 Å². The maximum absolute atomic E-state index is 14.7. The average Bonchev–Trinajstić information content (AvgIpc) is 3.55. The summed E-state index contributed by atoms with van der Waals surface area (Å²) in [6, 6.07) is 3.88. The quantitative estimate of drug-likeness (QED) is 0.145. The highest BCUT2D eigenvalue weighted by Gasteiger charge is 2.59. The lowest BCUT2D eigenvalue weighted by atomic mass is 9.65. The molecule has 7 rings (SSSR count). The van der Waals surface area contributed by atoms with E-state index < -0.39 is 68.2 Å². The van der Waals surface area contributed by atoms with Crippen molar-refractivity contribution in [1.82, 2.24) is 25.2 Å². The minimum Gasteiger partial charge on any atom is -0.508 e. The molecule has 4 N–H and O–H groups in total. The Bertz CT molecular complexity index is 2050. The predicted molar refractivity (Wildman–Crippen MR) is 213 cm³/mol. The van der Waals surface area contributed by atoms with Gasteiger partial charge in [-0.05, 0) is 102 Å². The van der Waals surface area contributed by atoms with Crippen molar-refractivity contribution in [2.75, 3.05) is 19.7 Å². The van der Waals surface area contributed by atoms with Gasteiger partial charge in [0, 0.05) is 23.3 Å². The number of hydrogen-bond donors (Lipinski definition) is 4. The first-order valence-electron chi connectivity index (χ1n) is 20.7. The van der Waals surface area contributed by atoms with E-state index in [1.54, 1.807) is 25.1 Å². The molecule has 3 aliphatic carbocycles. The van der Waals surface area contributed by atoms with E-state index in [1.165, 1.54) is 4.90 Å². The maximum atomic E-state index is 14.7. The summed E-state index contributed by atoms with van der Waals surface area (Å²) in [5.74, 6) is -1.44. The molecule has 310 valence electrons. The highest BCUT2D eigenvalue weighted by atomic mass is 32.2. The smallest absolute Gasteiger partial charge is 0.407 e. The van der Waals surface area contributed by atoms with E-state index in [9.17, 15) is 32.7 Å². The van der Waals surface area contributed by atoms with E-state index in [0.29, 0.717) is 55.0 Å². The van der Waals surface area contributed by atoms with Crippen LogP contribution in [0.5, 0.6) is 11.5 Å². The number of hydrogen-bond acceptors (Lipinski definition) is 10. The minimum atomic E-state index is -4.01. The molecule has 2 aliphatic heterocycles. The summed E-state index contributed by atoms with van der Waals surface area (Å²) in [5.41, 5.74) is -0.345. The molecule has 14 nitrogen and oxygen atoms in total. The van der Waals surface area contributed by atoms with Crippen LogP contribution in [0.2, 0.25) is 0 Å². The molecule has 0 bridgehead atoms. The van der Waals surface area contributed by atoms with Crippen LogP contribution in [0.1, 0.15) is 115 Å². The number of nitrogens with one attached hydrogen (secondary N) is 3. The molecule has 4 amide bonds. The average molecular weight is 808 g/mol. The van der Waals surface area contributed by atoms with E-state index in [-0.39, 0.29) is 31.7 Å². The van der Waals surface area contributed by atoms with Crippen LogP contribution >= 0.6 is 0 Å². The number of allylic oxidation sites excluding steroid dienone is 1. The fourth-order valence-electron chi connectivity index (χ4n) is 9.02. The van der Waals surface area contributed by atoms with Gasteiger partial charge in [-0.25, -0.2) is 18.2 Å². The number of phenols is 1. The zero-order valence-electron chi connectivity index (χ0n) is 33.4. The molecule has 1 saturated heterocycles. The molecule has 0 unspecified atom stereocenters. The third kappa shape index (κ3) is 8.31. The Kier molecular flexibility index (Phi) is 11.5. The first-order valence-corrected chi connectivity index (χ1v) is 22.2. The number of fused-ring (bicyclic) bond motifs is 3. The number of ether oxygens (including phenoxy) is 2. The van der Waals surface area contributed by atoms with Crippen LogP contribution in [0.15, 0.2) is 30.4 Å². The zero-order valence-corrected chi connectivity index (χ0v) is 34.2. The fraction of sp³-hybridized carbons (Fsp3) is 0.643. The number of phenolic OH excluding ortho intramolecular Hbond substituents is 1. The second kappa shape index (κ2) is 16.1. The lowest BCUT2D eigenvalue weighted by Gasteiger charge is -2.47. The summed E-state index contributed by atoms with van der Waals surface area (Å²) in [7, 11) is -4.01. The van der Waals surface area contributed by atoms with Gasteiger partial charge in [0.05, 0.1) is 29.1 Å². The van der Waals surface area contributed by atoms with E-state index in [1.807, 2.05) is 19.1 Å². The number of aryl methyl sites for hydroxylation is 2. The Hall–Kier alpha value is -4.40. The molecule has 1 aromatic heterocycles. The molecule has 57 heavy (non-hydrogen) atoms. The van der Waals surface area contributed by atoms with Crippen molar-refractivity contribution in [1.29, 1.82) is 0 Å². The van der Waals surface area contributed by atoms with Crippen molar-refractivity contribution >= 4 is 44.7 Å². The minimum absolute atomic E-state index is 0.0202. The van der Waals surface area contributed by atoms with Crippen LogP contribution < -0.4 is 20.1 Å². The van der Waals surface area contributed by atoms with Crippen LogP contribution in [0.3, 0.4) is 0 Å². The third-order valence-corrected chi connectivity index (χ3v) is 15.2. The molecule has 15 heteroatoms. The fourth-order valence-corrected chi connectivity index (χ4v) is 10.3. The first kappa shape index (κ1) is 40.8. The number of aromatic hydroxyl groups is 1. The van der Waals surface area contributed by atoms with Gasteiger partial charge in [0.1, 0.15) is 35.2 Å². The standard InChI is InChI=1S/C42H57N5O9S/c1-4-5-6-7-8-13-29-16-19-42(29,38(51)46-57(53,54)40(3)20-21-40)45-37(50)34-23-41(26-47(34)35(49)24-43-39(52)55-25-28-11-9-10-12-28)18-17-31-32-22-30(48)14-15-33(32)44-27(2)36(31)56-41/h8,13-15,22,28-29,34,48H,4-7,9-12,16-21,23-26H2,1-3H3,(H,43,52)(H,45,50)(H,46,51)/b13-8-/t29-,34+,41-,42-/m1/s1. The van der Waals surface area contributed by atoms with E-state index in [4.69, 9.17) is 14.5 Å². The van der Waals surface area contributed by atoms with Crippen molar-refractivity contribution in [2.45, 2.75) is 139 Å². The summed E-state index contributed by atoms with van der Waals surface area (Å²) >= 11 is 0. The Labute approximate surface area is 334 Å². The summed E-state index contributed by atoms with van der Waals surface area (Å²) in [4.78, 5) is 61.7. The number of alkyl carbamates (subject to hydrolysis) is 1. The molecule has 0 radical (unpaired) electrons. The van der Waals surface area contributed by atoms with Crippen LogP contribution in [-0.2, 0) is 35.6 Å². The van der Waals surface area contributed by atoms with Crippen LogP contribution in [0.4, 0.5) is 4.79 Å². The van der Waals surface area contributed by atoms with Crippen molar-refractivity contribution in [3.63, 3.8) is 0 Å². The number of sulfonamides is 1. The molecule has 3 saturated carbocycles. The normalized spacial score (nSPS) is 26.5. The number of nitrogens with zero attached hydrogens (tertiary/aromatic N) is 2. The van der Waals surface area contributed by atoms with Gasteiger partial charge in [-0.3, -0.25) is 19.1 Å². The lowest BCUT2D eigenvalue weighted by Crippen LogP contribution is -2.70. The highest BCUT2D eigenvalue weighted by Crippen LogP contribution is 2.47. The summed E-state index contributed by atoms with van der Waals surface area (Å²) in [6.45, 7) is 5.42. The number of rotatable bonds is 14. The van der Waals surface area contributed by atoms with Gasteiger partial charge in [0.2, 0.25) is 21.8 Å². The summed E-state index contributed by atoms with van der Waals surface area (Å²) in [5, 5.41) is 16.6. The van der Waals surface area contributed by atoms with Crippen molar-refractivity contribution in [3.05, 3.63) is 41.6 Å². The van der Waals surface area contributed by atoms with Gasteiger partial charge >= 0.3 is 6.09 Å². The second-order valence-electron chi connectivity index (χ2n) is 17.2. The Balaban J connectivity index is 1.15. The Morgan fingerprint density at radius 2 is 1.86 bits per heavy atom. The first-order chi connectivity index (χ1) is 27.2. The Morgan fingerprint density at radius 3 is 2.56 bits per heavy atom. The van der Waals surface area contributed by atoms with Gasteiger partial charge in [-0.1, -0.05) is 44.8 Å². The summed E-state index contributed by atoms with van der Waals surface area (Å²) in [6.07, 6.45) is 13.9. The highest BCUT2D eigenvalue weighted by molar-refractivity contribution is 7.91. The number of aromatic nitrogens is 1. The number of likely N-dealkylation sites (tertiary alicyclic amines) is 1. The van der Waals surface area contributed by atoms with Crippen LogP contribution in [0.25, 0.3) is 10.9 Å². The van der Waals surface area contributed by atoms with Gasteiger partial charge < -0.3 is 30.1 Å². The van der Waals surface area contributed by atoms with Crippen molar-refractivity contribution in [3.8, 4) is 11.5 Å². The molecular formula is C42H57N5O9S. The van der Waals surface area contributed by atoms with Crippen LogP contribution in [0, 0.1) is 18.8 Å². The molecule has 1 spiro atoms. The molecular weight excluding hydrogens is 751 g/mol. The lowest BCUT2D eigenvalue weighted by molar-refractivity contribution is -0.143. The van der Waals surface area contributed by atoms with E-state index >= 15 is 0 Å². The monoisotopic (exact) mass is 807 g/mol. The molecule has 5 aliphatic rings. The molecule has 2 aromatic rings. The van der Waals surface area contributed by atoms with Gasteiger partial charge in [-0.15, -0.1) is 0 Å². The molecule has 3 heterocycles. The van der Waals surface area contributed by atoms with Crippen molar-refractivity contribution < 1.29 is 42.2 Å². The molecule has 4 atom stereocenters. The third-order valence-electron chi connectivity index (χ3n) is 13.1. The van der Waals surface area contributed by atoms with Gasteiger partial charge in [0.15, 0.2) is 0 Å². The maximum Gasteiger partial charge on any atom is 0.407 e. The number of carbonyl (C=O) groups excluding carboxylic acids is 4. The SMILES string of the molecule is CCCCC/C=C\[C@@H]1CC[C@]1(NC(=O)[C@@H]1C[C@]2(CCc3c(c(C)nc4ccc(O)cc34)O2)CN1C(=O)CNC(=O)OCC1CCCC1)C(=O)NS(=O)(=O)C1(C)CC1. The predicted octanol–water partition coefficient (Wildman–Crippen LogP) is 5.23. The topological polar surface area (TPSA) is 193 Å². The van der Waals surface area contributed by atoms with E-state index in [2.05, 4.69) is 22.3 Å². The second-order valence-corrected chi connectivity index (χ2v) is 19.4. The number of pyridine rings is 1. The molecule has 1 aromatic carbocycles. The van der Waals surface area contributed by atoms with E-state index in [0.717, 1.165) is 62.3 Å². The zero-order chi connectivity index (χ0) is 40.6. The number of amides is 4. The van der Waals surface area contributed by atoms with Crippen LogP contribution in [-0.4, -0.2) is 88.8 Å². The number of unbranched alkanes of at least 4 members (excludes halogenated alkanes) is 3. The number of carbonyl (C=O) groups is 4. The summed E-state index contributed by atoms with van der Waals surface area (Å²) < 4.78 is 40.1. The number of benzene rings is 1. The largest absolute Gasteiger partial charge is 0.508 e. The van der Waals surface area contributed by atoms with Gasteiger partial charge in [-0.2, -0.15) is 0 Å². The molecule has 4 fully saturated rings. The van der Waals surface area contributed by atoms with Crippen molar-refractivity contribution in [2.24, 2.45) is 11.8 Å².